The summed E-state index contributed by atoms with van der Waals surface area (Å²) in [6, 6.07) is 0.755. The van der Waals surface area contributed by atoms with Gasteiger partial charge in [0.1, 0.15) is 0 Å². The molecule has 0 unspecified atom stereocenters. The molecule has 0 radical (unpaired) electrons. The molecule has 0 atom stereocenters. The van der Waals surface area contributed by atoms with Crippen LogP contribution < -0.4 is 5.32 Å². The highest BCUT2D eigenvalue weighted by Crippen LogP contribution is 2.21. The second-order valence-electron chi connectivity index (χ2n) is 4.96. The van der Waals surface area contributed by atoms with E-state index in [1.54, 1.807) is 0 Å². The smallest absolute Gasteiger partial charge is 0.0576 e. The van der Waals surface area contributed by atoms with Crippen molar-refractivity contribution in [1.29, 1.82) is 0 Å². The summed E-state index contributed by atoms with van der Waals surface area (Å²) >= 11 is 0. The van der Waals surface area contributed by atoms with Crippen LogP contribution in [0.2, 0.25) is 0 Å². The first-order chi connectivity index (χ1) is 7.86. The van der Waals surface area contributed by atoms with Crippen molar-refractivity contribution in [2.24, 2.45) is 0 Å². The zero-order valence-corrected chi connectivity index (χ0v) is 11.1. The number of hydrogen-bond donors (Lipinski definition) is 1. The molecule has 1 fully saturated rings. The molecule has 1 aliphatic rings. The highest BCUT2D eigenvalue weighted by Gasteiger charge is 2.20. The van der Waals surface area contributed by atoms with Crippen molar-refractivity contribution >= 4 is 0 Å². The standard InChI is InChI=1S/C14H29NO/c1-3-5-6-7-12-16-14-10-8-13(9-11-14)15-4-2/h13-15H,3-12H2,1-2H3. The molecule has 2 heteroatoms. The lowest BCUT2D eigenvalue weighted by Crippen LogP contribution is -2.35. The van der Waals surface area contributed by atoms with Crippen molar-refractivity contribution in [3.05, 3.63) is 0 Å². The van der Waals surface area contributed by atoms with Crippen LogP contribution in [0.5, 0.6) is 0 Å². The predicted octanol–water partition coefficient (Wildman–Crippen LogP) is 3.50. The Hall–Kier alpha value is -0.0800. The summed E-state index contributed by atoms with van der Waals surface area (Å²) in [5.41, 5.74) is 0. The fraction of sp³-hybridized carbons (Fsp3) is 1.00. The van der Waals surface area contributed by atoms with E-state index in [1.165, 1.54) is 51.4 Å². The van der Waals surface area contributed by atoms with Crippen LogP contribution in [0.1, 0.15) is 65.2 Å². The van der Waals surface area contributed by atoms with E-state index in [-0.39, 0.29) is 0 Å². The zero-order valence-electron chi connectivity index (χ0n) is 11.1. The Morgan fingerprint density at radius 3 is 2.38 bits per heavy atom. The fourth-order valence-electron chi connectivity index (χ4n) is 2.50. The SMILES string of the molecule is CCCCCCOC1CCC(NCC)CC1. The van der Waals surface area contributed by atoms with Crippen molar-refractivity contribution in [2.45, 2.75) is 77.4 Å². The topological polar surface area (TPSA) is 21.3 Å². The number of nitrogens with one attached hydrogen (secondary N) is 1. The van der Waals surface area contributed by atoms with E-state index in [0.29, 0.717) is 6.10 Å². The second kappa shape index (κ2) is 9.00. The van der Waals surface area contributed by atoms with Gasteiger partial charge in [-0.25, -0.2) is 0 Å². The van der Waals surface area contributed by atoms with Crippen LogP contribution in [0.3, 0.4) is 0 Å². The van der Waals surface area contributed by atoms with Crippen molar-refractivity contribution in [2.75, 3.05) is 13.2 Å². The van der Waals surface area contributed by atoms with Gasteiger partial charge in [0.25, 0.3) is 0 Å². The van der Waals surface area contributed by atoms with E-state index in [1.807, 2.05) is 0 Å². The van der Waals surface area contributed by atoms with Crippen LogP contribution in [-0.4, -0.2) is 25.3 Å². The maximum absolute atomic E-state index is 5.93. The minimum Gasteiger partial charge on any atom is -0.378 e. The average molecular weight is 227 g/mol. The molecule has 0 heterocycles. The first kappa shape index (κ1) is 14.0. The average Bonchev–Trinajstić information content (AvgIpc) is 2.31. The molecule has 1 aliphatic carbocycles. The van der Waals surface area contributed by atoms with E-state index < -0.39 is 0 Å². The summed E-state index contributed by atoms with van der Waals surface area (Å²) in [6.45, 7) is 6.53. The van der Waals surface area contributed by atoms with Crippen LogP contribution in [0, 0.1) is 0 Å². The summed E-state index contributed by atoms with van der Waals surface area (Å²) in [4.78, 5) is 0. The Bertz CT molecular complexity index is 153. The highest BCUT2D eigenvalue weighted by atomic mass is 16.5. The van der Waals surface area contributed by atoms with Gasteiger partial charge in [0.2, 0.25) is 0 Å². The normalized spacial score (nSPS) is 25.9. The molecule has 1 N–H and O–H groups in total. The first-order valence-electron chi connectivity index (χ1n) is 7.21. The van der Waals surface area contributed by atoms with Gasteiger partial charge in [-0.15, -0.1) is 0 Å². The van der Waals surface area contributed by atoms with Gasteiger partial charge in [0, 0.05) is 12.6 Å². The maximum atomic E-state index is 5.93. The highest BCUT2D eigenvalue weighted by molar-refractivity contribution is 4.76. The van der Waals surface area contributed by atoms with Crippen LogP contribution in [0.15, 0.2) is 0 Å². The summed E-state index contributed by atoms with van der Waals surface area (Å²) in [5, 5.41) is 3.53. The van der Waals surface area contributed by atoms with Crippen LogP contribution in [0.25, 0.3) is 0 Å². The Morgan fingerprint density at radius 1 is 1.00 bits per heavy atom. The third-order valence-corrected chi connectivity index (χ3v) is 3.52. The van der Waals surface area contributed by atoms with Crippen LogP contribution in [-0.2, 0) is 4.74 Å². The molecule has 16 heavy (non-hydrogen) atoms. The Morgan fingerprint density at radius 2 is 1.75 bits per heavy atom. The number of rotatable bonds is 8. The van der Waals surface area contributed by atoms with Gasteiger partial charge in [-0.1, -0.05) is 33.1 Å². The molecular weight excluding hydrogens is 198 g/mol. The first-order valence-corrected chi connectivity index (χ1v) is 7.21. The maximum Gasteiger partial charge on any atom is 0.0576 e. The lowest BCUT2D eigenvalue weighted by atomic mass is 9.93. The number of unbranched alkanes of at least 4 members (excludes halogenated alkanes) is 3. The molecular formula is C14H29NO. The molecule has 0 aromatic rings. The van der Waals surface area contributed by atoms with Crippen LogP contribution in [0.4, 0.5) is 0 Å². The Labute approximate surface area is 101 Å². The van der Waals surface area contributed by atoms with Crippen LogP contribution >= 0.6 is 0 Å². The van der Waals surface area contributed by atoms with Gasteiger partial charge >= 0.3 is 0 Å². The third-order valence-electron chi connectivity index (χ3n) is 3.52. The molecule has 0 aromatic carbocycles. The van der Waals surface area contributed by atoms with Crippen molar-refractivity contribution < 1.29 is 4.74 Å². The van der Waals surface area contributed by atoms with E-state index in [9.17, 15) is 0 Å². The monoisotopic (exact) mass is 227 g/mol. The molecule has 1 rings (SSSR count). The summed E-state index contributed by atoms with van der Waals surface area (Å²) in [6.07, 6.45) is 10.9. The van der Waals surface area contributed by atoms with Crippen molar-refractivity contribution in [3.8, 4) is 0 Å². The van der Waals surface area contributed by atoms with Gasteiger partial charge in [-0.2, -0.15) is 0 Å². The van der Waals surface area contributed by atoms with Gasteiger partial charge < -0.3 is 10.1 Å². The molecule has 0 aliphatic heterocycles. The summed E-state index contributed by atoms with van der Waals surface area (Å²) < 4.78 is 5.93. The largest absolute Gasteiger partial charge is 0.378 e. The quantitative estimate of drug-likeness (QED) is 0.641. The summed E-state index contributed by atoms with van der Waals surface area (Å²) in [5.74, 6) is 0. The minimum absolute atomic E-state index is 0.552. The Kier molecular flexibility index (Phi) is 7.87. The molecule has 0 amide bonds. The molecule has 1 saturated carbocycles. The zero-order chi connectivity index (χ0) is 11.6. The van der Waals surface area contributed by atoms with Crippen molar-refractivity contribution in [3.63, 3.8) is 0 Å². The predicted molar refractivity (Wildman–Crippen MR) is 69.8 cm³/mol. The van der Waals surface area contributed by atoms with E-state index >= 15 is 0 Å². The molecule has 0 saturated heterocycles. The van der Waals surface area contributed by atoms with E-state index in [0.717, 1.165) is 19.2 Å². The van der Waals surface area contributed by atoms with Crippen molar-refractivity contribution in [1.82, 2.24) is 5.32 Å². The molecule has 0 bridgehead atoms. The van der Waals surface area contributed by atoms with E-state index in [2.05, 4.69) is 19.2 Å². The minimum atomic E-state index is 0.552. The molecule has 0 spiro atoms. The number of hydrogen-bond acceptors (Lipinski definition) is 2. The van der Waals surface area contributed by atoms with Gasteiger partial charge in [0.15, 0.2) is 0 Å². The fourth-order valence-corrected chi connectivity index (χ4v) is 2.50. The Balaban J connectivity index is 1.95. The molecule has 0 aromatic heterocycles. The third kappa shape index (κ3) is 5.86. The number of ether oxygens (including phenoxy) is 1. The second-order valence-corrected chi connectivity index (χ2v) is 4.96. The molecule has 2 nitrogen and oxygen atoms in total. The van der Waals surface area contributed by atoms with Gasteiger partial charge in [-0.05, 0) is 38.6 Å². The lowest BCUT2D eigenvalue weighted by molar-refractivity contribution is 0.0206. The van der Waals surface area contributed by atoms with Gasteiger partial charge in [-0.3, -0.25) is 0 Å². The lowest BCUT2D eigenvalue weighted by Gasteiger charge is -2.29. The summed E-state index contributed by atoms with van der Waals surface area (Å²) in [7, 11) is 0. The van der Waals surface area contributed by atoms with Gasteiger partial charge in [0.05, 0.1) is 6.10 Å². The van der Waals surface area contributed by atoms with E-state index in [4.69, 9.17) is 4.74 Å². The molecule has 96 valence electrons.